The molecule has 0 saturated carbocycles. The first kappa shape index (κ1) is 16.0. The van der Waals surface area contributed by atoms with Gasteiger partial charge >= 0.3 is 100 Å². The van der Waals surface area contributed by atoms with Crippen molar-refractivity contribution in [2.24, 2.45) is 0 Å². The fourth-order valence-corrected chi connectivity index (χ4v) is 0. The van der Waals surface area contributed by atoms with Crippen molar-refractivity contribution in [1.29, 1.82) is 0 Å². The molecule has 0 aliphatic carbocycles. The molecular weight excluding hydrogens is 167 g/mol. The van der Waals surface area contributed by atoms with Gasteiger partial charge in [-0.3, -0.25) is 0 Å². The minimum atomic E-state index is 0. The standard InChI is InChI=1S/BHO.Cs.Li.2H/c1-2;;;;/h1H;;;;. The second-order valence-electron chi connectivity index (χ2n) is 0. The first-order valence-corrected chi connectivity index (χ1v) is 0.289. The van der Waals surface area contributed by atoms with E-state index in [9.17, 15) is 0 Å². The van der Waals surface area contributed by atoms with E-state index in [0.29, 0.717) is 0 Å². The van der Waals surface area contributed by atoms with Gasteiger partial charge in [-0.1, -0.05) is 0 Å². The molecule has 0 aromatic carbocycles. The molecule has 0 amide bonds. The van der Waals surface area contributed by atoms with E-state index in [4.69, 9.17) is 4.70 Å². The molecule has 0 aliphatic heterocycles. The molecule has 14 valence electrons. The Morgan fingerprint density at radius 2 is 1.25 bits per heavy atom. The van der Waals surface area contributed by atoms with Gasteiger partial charge in [-0.05, 0) is 0 Å². The first-order valence-electron chi connectivity index (χ1n) is 0.289. The number of rotatable bonds is 0. The zero-order valence-electron chi connectivity index (χ0n) is 1.12. The van der Waals surface area contributed by atoms with Crippen LogP contribution in [0.15, 0.2) is 0 Å². The summed E-state index contributed by atoms with van der Waals surface area (Å²) in [5, 5.41) is 0. The van der Waals surface area contributed by atoms with Crippen LogP contribution in [0.1, 0.15) is 0 Å². The molecule has 0 aliphatic rings. The van der Waals surface area contributed by atoms with E-state index in [0.717, 1.165) is 0 Å². The van der Waals surface area contributed by atoms with Crippen LogP contribution in [-0.4, -0.2) is 95.5 Å². The average Bonchev–Trinajstić information content (AvgIpc) is 1.00. The topological polar surface area (TPSA) is 17.1 Å². The summed E-state index contributed by atoms with van der Waals surface area (Å²) in [5.74, 6) is 0. The van der Waals surface area contributed by atoms with Gasteiger partial charge in [-0.15, -0.1) is 0 Å². The average molecular weight is 170 g/mol. The molecule has 1 nitrogen and oxygen atoms in total. The maximum atomic E-state index is 8.00. The van der Waals surface area contributed by atoms with Crippen molar-refractivity contribution < 1.29 is 4.70 Å². The van der Waals surface area contributed by atoms with Gasteiger partial charge in [0.2, 0.25) is 0 Å². The Bertz CT molecular complexity index is 8.00. The monoisotopic (exact) mass is 170 g/mol. The fourth-order valence-electron chi connectivity index (χ4n) is 0. The third-order valence-corrected chi connectivity index (χ3v) is 0. The molecule has 0 bridgehead atoms. The summed E-state index contributed by atoms with van der Waals surface area (Å²) in [6.45, 7) is 0. The quantitative estimate of drug-likeness (QED) is 0.381. The summed E-state index contributed by atoms with van der Waals surface area (Å²) in [6.07, 6.45) is 0. The molecule has 0 aromatic rings. The van der Waals surface area contributed by atoms with Crippen molar-refractivity contribution in [3.63, 3.8) is 0 Å². The molecule has 0 unspecified atom stereocenters. The summed E-state index contributed by atoms with van der Waals surface area (Å²) < 4.78 is 8.00. The Balaban J connectivity index is -0.00000000500. The number of hydrogen-bond acceptors (Lipinski definition) is 1. The zero-order valence-corrected chi connectivity index (χ0v) is 1.12. The Labute approximate surface area is 97.3 Å². The summed E-state index contributed by atoms with van der Waals surface area (Å²) in [6, 6.07) is 0. The van der Waals surface area contributed by atoms with E-state index in [1.807, 2.05) is 7.72 Å². The van der Waals surface area contributed by atoms with Crippen molar-refractivity contribution in [3.05, 3.63) is 0 Å². The van der Waals surface area contributed by atoms with Gasteiger partial charge in [0.15, 0.2) is 0 Å². The summed E-state index contributed by atoms with van der Waals surface area (Å²) >= 11 is 0. The summed E-state index contributed by atoms with van der Waals surface area (Å²) in [7, 11) is 2.00. The van der Waals surface area contributed by atoms with Gasteiger partial charge in [0.05, 0.1) is 0 Å². The second-order valence-corrected chi connectivity index (χ2v) is 0. The van der Waals surface area contributed by atoms with Crippen LogP contribution in [0.4, 0.5) is 0 Å². The van der Waals surface area contributed by atoms with Gasteiger partial charge in [0, 0.05) is 0 Å². The van der Waals surface area contributed by atoms with Gasteiger partial charge in [0.25, 0.3) is 0 Å². The normalized spacial score (nSPS) is 0.750. The van der Waals surface area contributed by atoms with Crippen molar-refractivity contribution in [2.45, 2.75) is 0 Å². The molecule has 0 N–H and O–H groups in total. The van der Waals surface area contributed by atoms with E-state index in [2.05, 4.69) is 0 Å². The van der Waals surface area contributed by atoms with Gasteiger partial charge in [-0.2, -0.15) is 0 Å². The van der Waals surface area contributed by atoms with E-state index in [-0.39, 0.29) is 87.8 Å². The molecule has 0 spiro atoms. The maximum absolute atomic E-state index is 8.00. The molecule has 0 aromatic heterocycles. The molecule has 0 heterocycles. The fraction of sp³-hybridized carbons (Fsp3) is 0. The Morgan fingerprint density at radius 3 is 1.25 bits per heavy atom. The predicted molar refractivity (Wildman–Crippen MR) is 22.1 cm³/mol. The molecule has 0 fully saturated rings. The van der Waals surface area contributed by atoms with Crippen LogP contribution >= 0.6 is 0 Å². The summed E-state index contributed by atoms with van der Waals surface area (Å²) in [5.41, 5.74) is 0. The third kappa shape index (κ3) is 8.82. The SMILES string of the molecule is B=O.[CsH].[LiH]. The molecule has 0 saturated heterocycles. The minimum absolute atomic E-state index is 0. The van der Waals surface area contributed by atoms with Crippen molar-refractivity contribution in [1.82, 2.24) is 0 Å². The second kappa shape index (κ2) is 17.8. The third-order valence-electron chi connectivity index (χ3n) is 0. The zero-order chi connectivity index (χ0) is 2.00. The summed E-state index contributed by atoms with van der Waals surface area (Å²) in [4.78, 5) is 0. The van der Waals surface area contributed by atoms with Crippen LogP contribution in [0.2, 0.25) is 0 Å². The molecule has 0 radical (unpaired) electrons. The van der Waals surface area contributed by atoms with Gasteiger partial charge < -0.3 is 0 Å². The van der Waals surface area contributed by atoms with Gasteiger partial charge in [-0.25, -0.2) is 0 Å². The molecule has 4 heavy (non-hydrogen) atoms. The van der Waals surface area contributed by atoms with E-state index < -0.39 is 0 Å². The van der Waals surface area contributed by atoms with E-state index in [1.165, 1.54) is 0 Å². The first-order chi connectivity index (χ1) is 1.00. The van der Waals surface area contributed by atoms with Crippen LogP contribution in [0.25, 0.3) is 0 Å². The van der Waals surface area contributed by atoms with Crippen LogP contribution in [-0.2, 0) is 4.70 Å². The number of hydrogen-bond donors (Lipinski definition) is 0. The predicted octanol–water partition coefficient (Wildman–Crippen LogP) is -2.06. The Hall–Kier alpha value is 2.51. The molecular formula is H3BCsLiO. The van der Waals surface area contributed by atoms with Crippen LogP contribution < -0.4 is 0 Å². The molecule has 4 heteroatoms. The van der Waals surface area contributed by atoms with Crippen molar-refractivity contribution in [2.75, 3.05) is 0 Å². The Kier molecular flexibility index (Phi) is 71.3. The van der Waals surface area contributed by atoms with Crippen LogP contribution in [0.5, 0.6) is 0 Å². The van der Waals surface area contributed by atoms with Crippen LogP contribution in [0.3, 0.4) is 0 Å². The van der Waals surface area contributed by atoms with Crippen molar-refractivity contribution in [3.8, 4) is 0 Å². The molecule has 0 atom stereocenters. The van der Waals surface area contributed by atoms with Gasteiger partial charge in [0.1, 0.15) is 0 Å². The van der Waals surface area contributed by atoms with E-state index >= 15 is 0 Å². The molecule has 0 rings (SSSR count). The van der Waals surface area contributed by atoms with Crippen molar-refractivity contribution >= 4 is 95.5 Å². The Morgan fingerprint density at radius 1 is 1.25 bits per heavy atom. The van der Waals surface area contributed by atoms with Crippen LogP contribution in [0, 0.1) is 0 Å². The van der Waals surface area contributed by atoms with E-state index in [1.54, 1.807) is 0 Å².